The van der Waals surface area contributed by atoms with Crippen molar-refractivity contribution in [2.45, 2.75) is 25.9 Å². The van der Waals surface area contributed by atoms with Crippen LogP contribution in [0.3, 0.4) is 0 Å². The SMILES string of the molecule is CC1CCOC1C(=O)NCC1=CCNCC1. The Kier molecular flexibility index (Phi) is 3.96. The van der Waals surface area contributed by atoms with E-state index in [4.69, 9.17) is 4.74 Å². The molecule has 2 N–H and O–H groups in total. The molecular formula is C12H20N2O2. The fourth-order valence-electron chi connectivity index (χ4n) is 2.16. The highest BCUT2D eigenvalue weighted by molar-refractivity contribution is 5.81. The molecule has 1 fully saturated rings. The van der Waals surface area contributed by atoms with Crippen LogP contribution in [0, 0.1) is 5.92 Å². The fraction of sp³-hybridized carbons (Fsp3) is 0.750. The first-order valence-electron chi connectivity index (χ1n) is 6.05. The quantitative estimate of drug-likeness (QED) is 0.684. The first-order valence-corrected chi connectivity index (χ1v) is 6.05. The monoisotopic (exact) mass is 224 g/mol. The number of hydrogen-bond acceptors (Lipinski definition) is 3. The van der Waals surface area contributed by atoms with Gasteiger partial charge in [0.1, 0.15) is 6.10 Å². The van der Waals surface area contributed by atoms with Gasteiger partial charge >= 0.3 is 0 Å². The Bertz CT molecular complexity index is 289. The van der Waals surface area contributed by atoms with Gasteiger partial charge in [-0.2, -0.15) is 0 Å². The number of ether oxygens (including phenoxy) is 1. The number of rotatable bonds is 3. The molecule has 4 nitrogen and oxygen atoms in total. The average molecular weight is 224 g/mol. The first-order chi connectivity index (χ1) is 7.77. The number of carbonyl (C=O) groups is 1. The molecule has 2 heterocycles. The zero-order valence-corrected chi connectivity index (χ0v) is 9.79. The molecule has 0 aromatic heterocycles. The van der Waals surface area contributed by atoms with E-state index in [0.717, 1.165) is 25.9 Å². The van der Waals surface area contributed by atoms with E-state index in [2.05, 4.69) is 23.6 Å². The van der Waals surface area contributed by atoms with Gasteiger partial charge < -0.3 is 15.4 Å². The molecule has 2 unspecified atom stereocenters. The molecular weight excluding hydrogens is 204 g/mol. The van der Waals surface area contributed by atoms with Crippen LogP contribution >= 0.6 is 0 Å². The maximum Gasteiger partial charge on any atom is 0.249 e. The van der Waals surface area contributed by atoms with E-state index in [9.17, 15) is 4.79 Å². The predicted molar refractivity (Wildman–Crippen MR) is 62.1 cm³/mol. The van der Waals surface area contributed by atoms with Gasteiger partial charge in [0.25, 0.3) is 0 Å². The van der Waals surface area contributed by atoms with Gasteiger partial charge in [0, 0.05) is 19.7 Å². The van der Waals surface area contributed by atoms with Crippen LogP contribution in [0.4, 0.5) is 0 Å². The summed E-state index contributed by atoms with van der Waals surface area (Å²) in [6.07, 6.45) is 3.94. The van der Waals surface area contributed by atoms with Crippen molar-refractivity contribution in [1.29, 1.82) is 0 Å². The van der Waals surface area contributed by atoms with Crippen molar-refractivity contribution in [3.63, 3.8) is 0 Å². The molecule has 0 aromatic rings. The van der Waals surface area contributed by atoms with E-state index in [-0.39, 0.29) is 12.0 Å². The van der Waals surface area contributed by atoms with E-state index in [1.165, 1.54) is 5.57 Å². The molecule has 0 bridgehead atoms. The summed E-state index contributed by atoms with van der Waals surface area (Å²) in [6, 6.07) is 0. The molecule has 2 aliphatic heterocycles. The van der Waals surface area contributed by atoms with Gasteiger partial charge in [-0.1, -0.05) is 18.6 Å². The first kappa shape index (κ1) is 11.6. The molecule has 16 heavy (non-hydrogen) atoms. The number of amides is 1. The summed E-state index contributed by atoms with van der Waals surface area (Å²) < 4.78 is 5.42. The van der Waals surface area contributed by atoms with Crippen LogP contribution in [0.5, 0.6) is 0 Å². The van der Waals surface area contributed by atoms with Gasteiger partial charge in [0.05, 0.1) is 0 Å². The van der Waals surface area contributed by atoms with Crippen LogP contribution in [0.25, 0.3) is 0 Å². The summed E-state index contributed by atoms with van der Waals surface area (Å²) >= 11 is 0. The zero-order valence-electron chi connectivity index (χ0n) is 9.79. The van der Waals surface area contributed by atoms with E-state index in [1.807, 2.05) is 0 Å². The third-order valence-corrected chi connectivity index (χ3v) is 3.29. The van der Waals surface area contributed by atoms with Crippen molar-refractivity contribution < 1.29 is 9.53 Å². The van der Waals surface area contributed by atoms with Gasteiger partial charge in [-0.3, -0.25) is 4.79 Å². The number of nitrogens with one attached hydrogen (secondary N) is 2. The van der Waals surface area contributed by atoms with Gasteiger partial charge in [-0.05, 0) is 25.3 Å². The molecule has 4 heteroatoms. The predicted octanol–water partition coefficient (Wildman–Crippen LogP) is 0.447. The summed E-state index contributed by atoms with van der Waals surface area (Å²) in [6.45, 7) is 5.39. The second-order valence-corrected chi connectivity index (χ2v) is 4.59. The molecule has 0 aromatic carbocycles. The molecule has 90 valence electrons. The molecule has 0 radical (unpaired) electrons. The standard InChI is InChI=1S/C12H20N2O2/c1-9-4-7-16-11(9)12(15)14-8-10-2-5-13-6-3-10/h2,9,11,13H,3-8H2,1H3,(H,14,15). The molecule has 1 amide bonds. The molecule has 2 rings (SSSR count). The number of carbonyl (C=O) groups excluding carboxylic acids is 1. The highest BCUT2D eigenvalue weighted by Crippen LogP contribution is 2.20. The minimum Gasteiger partial charge on any atom is -0.368 e. The van der Waals surface area contributed by atoms with E-state index in [1.54, 1.807) is 0 Å². The summed E-state index contributed by atoms with van der Waals surface area (Å²) in [7, 11) is 0. The number of hydrogen-bond donors (Lipinski definition) is 2. The lowest BCUT2D eigenvalue weighted by Gasteiger charge is -2.17. The summed E-state index contributed by atoms with van der Waals surface area (Å²) in [4.78, 5) is 11.8. The molecule has 0 saturated carbocycles. The minimum atomic E-state index is -0.234. The van der Waals surface area contributed by atoms with Crippen LogP contribution in [-0.2, 0) is 9.53 Å². The van der Waals surface area contributed by atoms with Crippen molar-refractivity contribution in [3.05, 3.63) is 11.6 Å². The Labute approximate surface area is 96.4 Å². The van der Waals surface area contributed by atoms with E-state index >= 15 is 0 Å². The van der Waals surface area contributed by atoms with Gasteiger partial charge in [-0.15, -0.1) is 0 Å². The van der Waals surface area contributed by atoms with Crippen molar-refractivity contribution in [2.24, 2.45) is 5.92 Å². The van der Waals surface area contributed by atoms with Crippen molar-refractivity contribution in [1.82, 2.24) is 10.6 Å². The Morgan fingerprint density at radius 2 is 2.56 bits per heavy atom. The van der Waals surface area contributed by atoms with E-state index in [0.29, 0.717) is 19.1 Å². The van der Waals surface area contributed by atoms with Crippen molar-refractivity contribution in [3.8, 4) is 0 Å². The summed E-state index contributed by atoms with van der Waals surface area (Å²) in [5.41, 5.74) is 1.32. The van der Waals surface area contributed by atoms with Gasteiger partial charge in [-0.25, -0.2) is 0 Å². The van der Waals surface area contributed by atoms with Gasteiger partial charge in [0.15, 0.2) is 0 Å². The molecule has 1 saturated heterocycles. The topological polar surface area (TPSA) is 50.4 Å². The lowest BCUT2D eigenvalue weighted by atomic mass is 10.0. The smallest absolute Gasteiger partial charge is 0.249 e. The second kappa shape index (κ2) is 5.46. The maximum absolute atomic E-state index is 11.8. The highest BCUT2D eigenvalue weighted by Gasteiger charge is 2.30. The third-order valence-electron chi connectivity index (χ3n) is 3.29. The minimum absolute atomic E-state index is 0.0458. The van der Waals surface area contributed by atoms with Crippen LogP contribution in [0.15, 0.2) is 11.6 Å². The van der Waals surface area contributed by atoms with Gasteiger partial charge in [0.2, 0.25) is 5.91 Å². The van der Waals surface area contributed by atoms with Crippen LogP contribution < -0.4 is 10.6 Å². The Morgan fingerprint density at radius 3 is 3.19 bits per heavy atom. The van der Waals surface area contributed by atoms with Crippen LogP contribution in [0.1, 0.15) is 19.8 Å². The van der Waals surface area contributed by atoms with E-state index < -0.39 is 0 Å². The lowest BCUT2D eigenvalue weighted by molar-refractivity contribution is -0.131. The Hall–Kier alpha value is -0.870. The summed E-state index contributed by atoms with van der Waals surface area (Å²) in [5.74, 6) is 0.395. The Balaban J connectivity index is 1.76. The molecule has 2 atom stereocenters. The zero-order chi connectivity index (χ0) is 11.4. The largest absolute Gasteiger partial charge is 0.368 e. The van der Waals surface area contributed by atoms with Crippen LogP contribution in [-0.4, -0.2) is 38.3 Å². The fourth-order valence-corrected chi connectivity index (χ4v) is 2.16. The van der Waals surface area contributed by atoms with Crippen molar-refractivity contribution >= 4 is 5.91 Å². The normalized spacial score (nSPS) is 29.9. The third kappa shape index (κ3) is 2.83. The molecule has 0 aliphatic carbocycles. The van der Waals surface area contributed by atoms with Crippen molar-refractivity contribution in [2.75, 3.05) is 26.2 Å². The Morgan fingerprint density at radius 1 is 1.69 bits per heavy atom. The average Bonchev–Trinajstić information content (AvgIpc) is 2.74. The molecule has 2 aliphatic rings. The van der Waals surface area contributed by atoms with Crippen LogP contribution in [0.2, 0.25) is 0 Å². The summed E-state index contributed by atoms with van der Waals surface area (Å²) in [5, 5.41) is 6.22. The second-order valence-electron chi connectivity index (χ2n) is 4.59. The maximum atomic E-state index is 11.8. The lowest BCUT2D eigenvalue weighted by Crippen LogP contribution is -2.39. The highest BCUT2D eigenvalue weighted by atomic mass is 16.5. The molecule has 0 spiro atoms.